The first-order chi connectivity index (χ1) is 11.0. The molecular weight excluding hydrogens is 422 g/mol. The SMILES string of the molecule is COc1ccc([N+](C)=Cc2ccc(OC)cc2[CH]=[Ru]([Cl])[Cl])cc1. The van der Waals surface area contributed by atoms with Crippen LogP contribution in [0.2, 0.25) is 0 Å². The minimum atomic E-state index is -1.92. The van der Waals surface area contributed by atoms with Crippen LogP contribution >= 0.6 is 19.4 Å². The van der Waals surface area contributed by atoms with Crippen molar-refractivity contribution in [3.8, 4) is 11.5 Å². The van der Waals surface area contributed by atoms with Crippen molar-refractivity contribution in [2.24, 2.45) is 0 Å². The molecule has 0 spiro atoms. The molecule has 0 radical (unpaired) electrons. The molecule has 0 atom stereocenters. The standard InChI is InChI=1S/C17H18NO2.2ClH.Ru/c1-13-11-17(20-4)8-5-14(13)12-18(2)15-6-9-16(19-3)10-7-15;;;/h1,5-12H,2-4H3;2*1H;/q+1;;;+2/p-2. The summed E-state index contributed by atoms with van der Waals surface area (Å²) in [6, 6.07) is 13.7. The molecule has 0 saturated carbocycles. The van der Waals surface area contributed by atoms with Gasteiger partial charge in [-0.15, -0.1) is 0 Å². The van der Waals surface area contributed by atoms with Gasteiger partial charge in [0.05, 0.1) is 0 Å². The molecular formula is C17H18Cl2NO2Ru+. The van der Waals surface area contributed by atoms with E-state index in [2.05, 4.69) is 0 Å². The van der Waals surface area contributed by atoms with Crippen LogP contribution in [-0.2, 0) is 13.5 Å². The van der Waals surface area contributed by atoms with Crippen LogP contribution in [0.15, 0.2) is 42.5 Å². The molecule has 0 heterocycles. The van der Waals surface area contributed by atoms with Gasteiger partial charge in [-0.2, -0.15) is 0 Å². The van der Waals surface area contributed by atoms with E-state index in [4.69, 9.17) is 28.9 Å². The normalized spacial score (nSPS) is 11.9. The molecule has 0 saturated heterocycles. The molecule has 0 N–H and O–H groups in total. The van der Waals surface area contributed by atoms with Crippen molar-refractivity contribution < 1.29 is 27.6 Å². The Kier molecular flexibility index (Phi) is 6.77. The van der Waals surface area contributed by atoms with Gasteiger partial charge in [0.25, 0.3) is 0 Å². The summed E-state index contributed by atoms with van der Waals surface area (Å²) in [5.41, 5.74) is 3.07. The Morgan fingerprint density at radius 3 is 2.09 bits per heavy atom. The second-order valence-electron chi connectivity index (χ2n) is 4.74. The number of methoxy groups -OCH3 is 2. The quantitative estimate of drug-likeness (QED) is 0.396. The van der Waals surface area contributed by atoms with Crippen LogP contribution in [0.5, 0.6) is 11.5 Å². The third-order valence-corrected chi connectivity index (χ3v) is 5.13. The zero-order chi connectivity index (χ0) is 16.8. The molecule has 0 fully saturated rings. The summed E-state index contributed by atoms with van der Waals surface area (Å²) in [6.07, 6.45) is 2.04. The van der Waals surface area contributed by atoms with Crippen LogP contribution in [0, 0.1) is 0 Å². The van der Waals surface area contributed by atoms with Gasteiger partial charge in [-0.25, -0.2) is 0 Å². The van der Waals surface area contributed by atoms with Crippen molar-refractivity contribution in [2.75, 3.05) is 21.3 Å². The first-order valence-corrected chi connectivity index (χ1v) is 12.2. The average molecular weight is 440 g/mol. The van der Waals surface area contributed by atoms with Gasteiger partial charge in [-0.3, -0.25) is 0 Å². The molecule has 0 aliphatic rings. The van der Waals surface area contributed by atoms with E-state index in [1.54, 1.807) is 14.2 Å². The van der Waals surface area contributed by atoms with Crippen LogP contribution in [-0.4, -0.2) is 36.7 Å². The van der Waals surface area contributed by atoms with E-state index in [9.17, 15) is 0 Å². The summed E-state index contributed by atoms with van der Waals surface area (Å²) in [4.78, 5) is 0. The number of hydrogen-bond acceptors (Lipinski definition) is 2. The summed E-state index contributed by atoms with van der Waals surface area (Å²) < 4.78 is 14.4. The molecule has 0 unspecified atom stereocenters. The summed E-state index contributed by atoms with van der Waals surface area (Å²) in [5.74, 6) is 1.61. The Morgan fingerprint density at radius 2 is 1.52 bits per heavy atom. The van der Waals surface area contributed by atoms with E-state index in [0.29, 0.717) is 0 Å². The molecule has 2 aromatic carbocycles. The van der Waals surface area contributed by atoms with Gasteiger partial charge >= 0.3 is 150 Å². The molecule has 2 aromatic rings. The Bertz CT molecular complexity index is 739. The van der Waals surface area contributed by atoms with Crippen molar-refractivity contribution in [3.05, 3.63) is 53.6 Å². The van der Waals surface area contributed by atoms with Crippen molar-refractivity contribution in [2.45, 2.75) is 0 Å². The monoisotopic (exact) mass is 440 g/mol. The van der Waals surface area contributed by atoms with Gasteiger partial charge in [0.1, 0.15) is 0 Å². The fourth-order valence-electron chi connectivity index (χ4n) is 2.07. The Hall–Kier alpha value is -1.22. The predicted octanol–water partition coefficient (Wildman–Crippen LogP) is 4.17. The zero-order valence-electron chi connectivity index (χ0n) is 13.1. The second-order valence-corrected chi connectivity index (χ2v) is 10.5. The van der Waals surface area contributed by atoms with Crippen molar-refractivity contribution in [3.63, 3.8) is 0 Å². The van der Waals surface area contributed by atoms with Crippen molar-refractivity contribution in [1.82, 2.24) is 0 Å². The third-order valence-electron chi connectivity index (χ3n) is 3.29. The molecule has 0 aliphatic carbocycles. The first-order valence-electron chi connectivity index (χ1n) is 6.76. The number of ether oxygens (including phenoxy) is 2. The maximum atomic E-state index is 6.04. The number of rotatable bonds is 5. The molecule has 2 rings (SSSR count). The average Bonchev–Trinajstić information content (AvgIpc) is 2.56. The summed E-state index contributed by atoms with van der Waals surface area (Å²) >= 11 is -1.92. The molecule has 3 nitrogen and oxygen atoms in total. The van der Waals surface area contributed by atoms with Crippen LogP contribution in [0.3, 0.4) is 0 Å². The Labute approximate surface area is 149 Å². The molecule has 0 aromatic heterocycles. The Morgan fingerprint density at radius 1 is 0.913 bits per heavy atom. The van der Waals surface area contributed by atoms with E-state index in [1.807, 2.05) is 64.9 Å². The van der Waals surface area contributed by atoms with Crippen LogP contribution in [0.1, 0.15) is 11.1 Å². The van der Waals surface area contributed by atoms with Gasteiger partial charge in [-0.05, 0) is 0 Å². The van der Waals surface area contributed by atoms with E-state index in [1.165, 1.54) is 0 Å². The third kappa shape index (κ3) is 5.14. The zero-order valence-corrected chi connectivity index (χ0v) is 16.3. The van der Waals surface area contributed by atoms with Crippen LogP contribution in [0.25, 0.3) is 0 Å². The molecule has 0 bridgehead atoms. The topological polar surface area (TPSA) is 21.5 Å². The first kappa shape index (κ1) is 18.1. The fourth-order valence-corrected chi connectivity index (χ4v) is 3.90. The number of benzene rings is 2. The van der Waals surface area contributed by atoms with Gasteiger partial charge in [-0.1, -0.05) is 0 Å². The molecule has 6 heteroatoms. The van der Waals surface area contributed by atoms with Gasteiger partial charge in [0.15, 0.2) is 0 Å². The van der Waals surface area contributed by atoms with Gasteiger partial charge < -0.3 is 0 Å². The minimum absolute atomic E-state index is 0.782. The predicted molar refractivity (Wildman–Crippen MR) is 93.9 cm³/mol. The van der Waals surface area contributed by atoms with E-state index < -0.39 is 13.5 Å². The molecule has 124 valence electrons. The summed E-state index contributed by atoms with van der Waals surface area (Å²) in [5, 5.41) is 0. The fraction of sp³-hybridized carbons (Fsp3) is 0.176. The molecule has 23 heavy (non-hydrogen) atoms. The number of halogens is 2. The van der Waals surface area contributed by atoms with Crippen molar-refractivity contribution >= 4 is 35.9 Å². The molecule has 0 aliphatic heterocycles. The van der Waals surface area contributed by atoms with E-state index in [0.717, 1.165) is 28.3 Å². The summed E-state index contributed by atoms with van der Waals surface area (Å²) in [7, 11) is 17.4. The maximum absolute atomic E-state index is 6.04. The second kappa shape index (κ2) is 8.58. The van der Waals surface area contributed by atoms with Crippen molar-refractivity contribution in [1.29, 1.82) is 0 Å². The van der Waals surface area contributed by atoms with Gasteiger partial charge in [0, 0.05) is 0 Å². The van der Waals surface area contributed by atoms with Crippen LogP contribution < -0.4 is 9.47 Å². The van der Waals surface area contributed by atoms with Gasteiger partial charge in [0.2, 0.25) is 0 Å². The van der Waals surface area contributed by atoms with E-state index >= 15 is 0 Å². The molecule has 0 amide bonds. The van der Waals surface area contributed by atoms with E-state index in [-0.39, 0.29) is 0 Å². The van der Waals surface area contributed by atoms with Crippen LogP contribution in [0.4, 0.5) is 5.69 Å². The number of nitrogens with zero attached hydrogens (tertiary/aromatic N) is 1. The number of hydrogen-bond donors (Lipinski definition) is 0. The summed E-state index contributed by atoms with van der Waals surface area (Å²) in [6.45, 7) is 0. The Balaban J connectivity index is 2.41.